The molecule has 18 heavy (non-hydrogen) atoms. The van der Waals surface area contributed by atoms with E-state index >= 15 is 0 Å². The maximum Gasteiger partial charge on any atom is 0.393 e. The number of hydrogen-bond acceptors (Lipinski definition) is 2. The predicted octanol–water partition coefficient (Wildman–Crippen LogP) is 3.09. The summed E-state index contributed by atoms with van der Waals surface area (Å²) in [6, 6.07) is 5.57. The number of halogens is 4. The Labute approximate surface area is 101 Å². The lowest BCUT2D eigenvalue weighted by Crippen LogP contribution is -2.27. The van der Waals surface area contributed by atoms with Gasteiger partial charge in [0.25, 0.3) is 0 Å². The zero-order chi connectivity index (χ0) is 13.3. The molecule has 1 aromatic carbocycles. The van der Waals surface area contributed by atoms with Crippen LogP contribution in [0.1, 0.15) is 12.0 Å². The van der Waals surface area contributed by atoms with Gasteiger partial charge in [-0.15, -0.1) is 0 Å². The molecule has 6 heteroatoms. The summed E-state index contributed by atoms with van der Waals surface area (Å²) in [5, 5.41) is 8.59. The molecule has 1 aliphatic heterocycles. The lowest BCUT2D eigenvalue weighted by Gasteiger charge is -2.20. The molecule has 1 heterocycles. The summed E-state index contributed by atoms with van der Waals surface area (Å²) in [7, 11) is 0. The molecular weight excluding hydrogens is 248 g/mol. The highest BCUT2D eigenvalue weighted by molar-refractivity contribution is 5.52. The fourth-order valence-corrected chi connectivity index (χ4v) is 2.08. The van der Waals surface area contributed by atoms with E-state index in [0.717, 1.165) is 6.07 Å². The van der Waals surface area contributed by atoms with Gasteiger partial charge in [0.05, 0.1) is 23.2 Å². The Morgan fingerprint density at radius 2 is 2.06 bits per heavy atom. The highest BCUT2D eigenvalue weighted by Crippen LogP contribution is 2.36. The molecule has 0 radical (unpaired) electrons. The van der Waals surface area contributed by atoms with Gasteiger partial charge in [-0.1, -0.05) is 0 Å². The van der Waals surface area contributed by atoms with Crippen molar-refractivity contribution in [2.75, 3.05) is 18.0 Å². The van der Waals surface area contributed by atoms with Crippen molar-refractivity contribution in [3.05, 3.63) is 29.6 Å². The summed E-state index contributed by atoms with van der Waals surface area (Å²) >= 11 is 0. The molecule has 0 N–H and O–H groups in total. The molecule has 0 aliphatic carbocycles. The van der Waals surface area contributed by atoms with Crippen LogP contribution >= 0.6 is 0 Å². The molecule has 96 valence electrons. The molecule has 1 fully saturated rings. The standard InChI is InChI=1S/C12H10F4N2/c13-10-5-8(6-17)1-2-11(10)18-4-3-9(7-18)12(14,15)16/h1-2,5,9H,3-4,7H2. The molecule has 1 aromatic rings. The highest BCUT2D eigenvalue weighted by Gasteiger charge is 2.43. The first-order valence-corrected chi connectivity index (χ1v) is 5.43. The Hall–Kier alpha value is -1.77. The third-order valence-corrected chi connectivity index (χ3v) is 3.07. The molecular formula is C12H10F4N2. The van der Waals surface area contributed by atoms with E-state index < -0.39 is 17.9 Å². The predicted molar refractivity (Wildman–Crippen MR) is 57.5 cm³/mol. The van der Waals surface area contributed by atoms with Gasteiger partial charge in [0.2, 0.25) is 0 Å². The summed E-state index contributed by atoms with van der Waals surface area (Å²) in [6.45, 7) is -0.0562. The van der Waals surface area contributed by atoms with Crippen molar-refractivity contribution < 1.29 is 17.6 Å². The molecule has 1 unspecified atom stereocenters. The van der Waals surface area contributed by atoms with E-state index in [-0.39, 0.29) is 30.8 Å². The summed E-state index contributed by atoms with van der Waals surface area (Å²) < 4.78 is 51.2. The fraction of sp³-hybridized carbons (Fsp3) is 0.417. The number of rotatable bonds is 1. The maximum atomic E-state index is 13.6. The van der Waals surface area contributed by atoms with Crippen molar-refractivity contribution in [1.29, 1.82) is 5.26 Å². The van der Waals surface area contributed by atoms with Gasteiger partial charge in [-0.3, -0.25) is 0 Å². The Bertz CT molecular complexity index is 490. The van der Waals surface area contributed by atoms with Crippen LogP contribution in [0.2, 0.25) is 0 Å². The van der Waals surface area contributed by atoms with Gasteiger partial charge < -0.3 is 4.90 Å². The zero-order valence-corrected chi connectivity index (χ0v) is 9.34. The van der Waals surface area contributed by atoms with Gasteiger partial charge in [0.1, 0.15) is 5.82 Å². The van der Waals surface area contributed by atoms with E-state index in [1.165, 1.54) is 17.0 Å². The van der Waals surface area contributed by atoms with E-state index in [0.29, 0.717) is 0 Å². The first kappa shape index (κ1) is 12.7. The third-order valence-electron chi connectivity index (χ3n) is 3.07. The number of alkyl halides is 3. The average molecular weight is 258 g/mol. The molecule has 2 rings (SSSR count). The van der Waals surface area contributed by atoms with Crippen molar-refractivity contribution in [2.24, 2.45) is 5.92 Å². The molecule has 0 aromatic heterocycles. The normalized spacial score (nSPS) is 19.9. The average Bonchev–Trinajstić information content (AvgIpc) is 2.77. The molecule has 0 bridgehead atoms. The number of nitrogens with zero attached hydrogens (tertiary/aromatic N) is 2. The van der Waals surface area contributed by atoms with Gasteiger partial charge in [-0.05, 0) is 24.6 Å². The minimum Gasteiger partial charge on any atom is -0.369 e. The van der Waals surface area contributed by atoms with Gasteiger partial charge >= 0.3 is 6.18 Å². The minimum absolute atomic E-state index is 0.0249. The van der Waals surface area contributed by atoms with Crippen LogP contribution in [0.5, 0.6) is 0 Å². The second kappa shape index (κ2) is 4.48. The Morgan fingerprint density at radius 3 is 2.56 bits per heavy atom. The molecule has 1 atom stereocenters. The Morgan fingerprint density at radius 1 is 1.33 bits per heavy atom. The molecule has 0 saturated carbocycles. The second-order valence-corrected chi connectivity index (χ2v) is 4.25. The number of nitriles is 1. The van der Waals surface area contributed by atoms with Crippen molar-refractivity contribution in [1.82, 2.24) is 0 Å². The van der Waals surface area contributed by atoms with E-state index in [2.05, 4.69) is 0 Å². The van der Waals surface area contributed by atoms with Crippen molar-refractivity contribution >= 4 is 5.69 Å². The zero-order valence-electron chi connectivity index (χ0n) is 9.34. The monoisotopic (exact) mass is 258 g/mol. The van der Waals surface area contributed by atoms with E-state index in [1.807, 2.05) is 0 Å². The third kappa shape index (κ3) is 2.40. The van der Waals surface area contributed by atoms with Crippen LogP contribution in [-0.4, -0.2) is 19.3 Å². The second-order valence-electron chi connectivity index (χ2n) is 4.25. The van der Waals surface area contributed by atoms with Crippen LogP contribution in [-0.2, 0) is 0 Å². The van der Waals surface area contributed by atoms with Crippen LogP contribution in [0.25, 0.3) is 0 Å². The summed E-state index contributed by atoms with van der Waals surface area (Å²) in [5.74, 6) is -2.07. The van der Waals surface area contributed by atoms with Crippen molar-refractivity contribution in [3.8, 4) is 6.07 Å². The fourth-order valence-electron chi connectivity index (χ4n) is 2.08. The van der Waals surface area contributed by atoms with Crippen molar-refractivity contribution in [3.63, 3.8) is 0 Å². The molecule has 1 aliphatic rings. The molecule has 0 amide bonds. The number of hydrogen-bond donors (Lipinski definition) is 0. The SMILES string of the molecule is N#Cc1ccc(N2CCC(C(F)(F)F)C2)c(F)c1. The topological polar surface area (TPSA) is 27.0 Å². The van der Waals surface area contributed by atoms with Gasteiger partial charge in [0, 0.05) is 13.1 Å². The van der Waals surface area contributed by atoms with Crippen LogP contribution in [0.4, 0.5) is 23.2 Å². The minimum atomic E-state index is -4.24. The largest absolute Gasteiger partial charge is 0.393 e. The van der Waals surface area contributed by atoms with E-state index in [9.17, 15) is 17.6 Å². The lowest BCUT2D eigenvalue weighted by molar-refractivity contribution is -0.168. The summed E-state index contributed by atoms with van der Waals surface area (Å²) in [5.41, 5.74) is 0.281. The summed E-state index contributed by atoms with van der Waals surface area (Å²) in [4.78, 5) is 1.37. The molecule has 1 saturated heterocycles. The quantitative estimate of drug-likeness (QED) is 0.724. The van der Waals surface area contributed by atoms with Crippen molar-refractivity contribution in [2.45, 2.75) is 12.6 Å². The first-order valence-electron chi connectivity index (χ1n) is 5.43. The van der Waals surface area contributed by atoms with Gasteiger partial charge in [-0.2, -0.15) is 18.4 Å². The smallest absolute Gasteiger partial charge is 0.369 e. The molecule has 0 spiro atoms. The van der Waals surface area contributed by atoms with Gasteiger partial charge in [0.15, 0.2) is 0 Å². The number of anilines is 1. The van der Waals surface area contributed by atoms with E-state index in [1.54, 1.807) is 6.07 Å². The van der Waals surface area contributed by atoms with Gasteiger partial charge in [-0.25, -0.2) is 4.39 Å². The number of benzene rings is 1. The lowest BCUT2D eigenvalue weighted by atomic mass is 10.1. The summed E-state index contributed by atoms with van der Waals surface area (Å²) in [6.07, 6.45) is -4.26. The van der Waals surface area contributed by atoms with Crippen LogP contribution < -0.4 is 4.90 Å². The van der Waals surface area contributed by atoms with Crippen LogP contribution in [0, 0.1) is 23.1 Å². The first-order chi connectivity index (χ1) is 8.41. The van der Waals surface area contributed by atoms with Crippen LogP contribution in [0.3, 0.4) is 0 Å². The van der Waals surface area contributed by atoms with E-state index in [4.69, 9.17) is 5.26 Å². The maximum absolute atomic E-state index is 13.6. The van der Waals surface area contributed by atoms with Crippen LogP contribution in [0.15, 0.2) is 18.2 Å². The Kier molecular flexibility index (Phi) is 3.16. The highest BCUT2D eigenvalue weighted by atomic mass is 19.4. The Balaban J connectivity index is 2.18. The molecule has 2 nitrogen and oxygen atoms in total.